The largest absolute Gasteiger partial charge is 0.385 e. The van der Waals surface area contributed by atoms with Gasteiger partial charge in [-0.3, -0.25) is 9.48 Å². The van der Waals surface area contributed by atoms with Crippen LogP contribution in [0.4, 0.5) is 4.39 Å². The predicted molar refractivity (Wildman–Crippen MR) is 111 cm³/mol. The van der Waals surface area contributed by atoms with Gasteiger partial charge >= 0.3 is 0 Å². The molecule has 0 aliphatic rings. The summed E-state index contributed by atoms with van der Waals surface area (Å²) in [6.45, 7) is 5.79. The van der Waals surface area contributed by atoms with Crippen LogP contribution in [0, 0.1) is 23.1 Å². The first kappa shape index (κ1) is 22.5. The lowest BCUT2D eigenvalue weighted by Crippen LogP contribution is -2.36. The Bertz CT molecular complexity index is 1110. The molecular formula is C21H21ClFN5O3. The van der Waals surface area contributed by atoms with E-state index in [2.05, 4.69) is 15.6 Å². The fourth-order valence-electron chi connectivity index (χ4n) is 2.93. The van der Waals surface area contributed by atoms with E-state index in [4.69, 9.17) is 21.4 Å². The Hall–Kier alpha value is -3.22. The molecule has 2 atom stereocenters. The summed E-state index contributed by atoms with van der Waals surface area (Å²) in [5.41, 5.74) is 0.784. The van der Waals surface area contributed by atoms with E-state index in [1.165, 1.54) is 18.2 Å². The van der Waals surface area contributed by atoms with E-state index < -0.39 is 17.8 Å². The third-order valence-corrected chi connectivity index (χ3v) is 4.91. The van der Waals surface area contributed by atoms with Gasteiger partial charge in [0, 0.05) is 23.9 Å². The molecule has 3 rings (SSSR count). The zero-order valence-corrected chi connectivity index (χ0v) is 17.9. The zero-order valence-electron chi connectivity index (χ0n) is 17.1. The Balaban J connectivity index is 1.65. The summed E-state index contributed by atoms with van der Waals surface area (Å²) in [7, 11) is 0. The normalized spacial score (nSPS) is 13.1. The number of aliphatic hydroxyl groups is 1. The molecule has 2 N–H and O–H groups in total. The molecule has 1 aromatic carbocycles. The molecule has 162 valence electrons. The summed E-state index contributed by atoms with van der Waals surface area (Å²) in [4.78, 5) is 12.4. The van der Waals surface area contributed by atoms with Gasteiger partial charge in [0.15, 0.2) is 11.5 Å². The highest BCUT2D eigenvalue weighted by Gasteiger charge is 2.21. The molecular weight excluding hydrogens is 425 g/mol. The Morgan fingerprint density at radius 3 is 2.77 bits per heavy atom. The Labute approximate surface area is 183 Å². The van der Waals surface area contributed by atoms with Crippen LogP contribution in [-0.4, -0.2) is 32.0 Å². The number of hydrogen-bond donors (Lipinski definition) is 2. The second kappa shape index (κ2) is 9.29. The maximum absolute atomic E-state index is 14.0. The van der Waals surface area contributed by atoms with Crippen molar-refractivity contribution in [2.24, 2.45) is 5.92 Å². The smallest absolute Gasteiger partial charge is 0.273 e. The first-order valence-corrected chi connectivity index (χ1v) is 9.96. The molecule has 0 radical (unpaired) electrons. The van der Waals surface area contributed by atoms with Crippen LogP contribution in [-0.2, 0) is 6.54 Å². The van der Waals surface area contributed by atoms with Crippen LogP contribution in [0.25, 0.3) is 11.3 Å². The fraction of sp³-hybridized carbons (Fsp3) is 0.333. The number of benzene rings is 1. The Morgan fingerprint density at radius 2 is 2.13 bits per heavy atom. The highest BCUT2D eigenvalue weighted by atomic mass is 35.5. The standard InChI is InChI=1S/C21H21ClFN5O3/c1-11(2)20(29)19-8-18(27-31-19)21(30)25-12(3)10-28-5-4-17(26-28)13-6-15(22)14(9-24)16(23)7-13/h4-8,11-12,20,29H,10H2,1-3H3,(H,25,30)/t12-,20-/m0/s1. The molecule has 1 amide bonds. The van der Waals surface area contributed by atoms with Crippen molar-refractivity contribution in [2.45, 2.75) is 39.5 Å². The summed E-state index contributed by atoms with van der Waals surface area (Å²) in [6.07, 6.45) is 0.851. The van der Waals surface area contributed by atoms with Gasteiger partial charge < -0.3 is 14.9 Å². The molecule has 8 nitrogen and oxygen atoms in total. The van der Waals surface area contributed by atoms with E-state index >= 15 is 0 Å². The van der Waals surface area contributed by atoms with Crippen molar-refractivity contribution in [1.29, 1.82) is 5.26 Å². The second-order valence-corrected chi connectivity index (χ2v) is 7.93. The summed E-state index contributed by atoms with van der Waals surface area (Å²) in [5, 5.41) is 29.8. The first-order chi connectivity index (χ1) is 14.7. The number of rotatable bonds is 7. The van der Waals surface area contributed by atoms with Crippen molar-refractivity contribution in [2.75, 3.05) is 0 Å². The highest BCUT2D eigenvalue weighted by molar-refractivity contribution is 6.32. The molecule has 0 aliphatic carbocycles. The highest BCUT2D eigenvalue weighted by Crippen LogP contribution is 2.27. The van der Waals surface area contributed by atoms with Crippen molar-refractivity contribution in [1.82, 2.24) is 20.3 Å². The van der Waals surface area contributed by atoms with E-state index in [9.17, 15) is 14.3 Å². The number of halogens is 2. The maximum atomic E-state index is 14.0. The van der Waals surface area contributed by atoms with E-state index in [-0.39, 0.29) is 34.0 Å². The fourth-order valence-corrected chi connectivity index (χ4v) is 3.18. The molecule has 2 aromatic heterocycles. The predicted octanol–water partition coefficient (Wildman–Crippen LogP) is 3.71. The summed E-state index contributed by atoms with van der Waals surface area (Å²) >= 11 is 5.96. The number of nitrogens with one attached hydrogen (secondary N) is 1. The molecule has 0 saturated carbocycles. The van der Waals surface area contributed by atoms with Crippen molar-refractivity contribution < 1.29 is 18.8 Å². The Morgan fingerprint density at radius 1 is 1.39 bits per heavy atom. The molecule has 0 spiro atoms. The van der Waals surface area contributed by atoms with Gasteiger partial charge in [-0.15, -0.1) is 0 Å². The molecule has 0 aliphatic heterocycles. The third-order valence-electron chi connectivity index (χ3n) is 4.61. The van der Waals surface area contributed by atoms with E-state index in [1.54, 1.807) is 29.9 Å². The number of aromatic nitrogens is 3. The van der Waals surface area contributed by atoms with Gasteiger partial charge in [-0.05, 0) is 31.0 Å². The maximum Gasteiger partial charge on any atom is 0.273 e. The monoisotopic (exact) mass is 445 g/mol. The van der Waals surface area contributed by atoms with Crippen LogP contribution in [0.3, 0.4) is 0 Å². The number of carbonyl (C=O) groups excluding carboxylic acids is 1. The molecule has 0 unspecified atom stereocenters. The summed E-state index contributed by atoms with van der Waals surface area (Å²) in [5.74, 6) is -0.990. The summed E-state index contributed by atoms with van der Waals surface area (Å²) < 4.78 is 20.7. The van der Waals surface area contributed by atoms with Crippen LogP contribution in [0.1, 0.15) is 48.7 Å². The van der Waals surface area contributed by atoms with Gasteiger partial charge in [0.25, 0.3) is 5.91 Å². The molecule has 31 heavy (non-hydrogen) atoms. The lowest BCUT2D eigenvalue weighted by Gasteiger charge is -2.13. The van der Waals surface area contributed by atoms with E-state index in [1.807, 2.05) is 13.8 Å². The Kier molecular flexibility index (Phi) is 6.73. The molecule has 10 heteroatoms. The number of aliphatic hydroxyl groups excluding tert-OH is 1. The minimum Gasteiger partial charge on any atom is -0.385 e. The minimum atomic E-state index is -0.838. The number of amides is 1. The van der Waals surface area contributed by atoms with Crippen LogP contribution in [0.5, 0.6) is 0 Å². The lowest BCUT2D eigenvalue weighted by molar-refractivity contribution is 0.0908. The van der Waals surface area contributed by atoms with Gasteiger partial charge in [0.1, 0.15) is 23.6 Å². The molecule has 0 fully saturated rings. The van der Waals surface area contributed by atoms with Gasteiger partial charge in [0.2, 0.25) is 0 Å². The van der Waals surface area contributed by atoms with Gasteiger partial charge in [-0.1, -0.05) is 30.6 Å². The van der Waals surface area contributed by atoms with Crippen molar-refractivity contribution in [3.05, 3.63) is 58.3 Å². The average molecular weight is 446 g/mol. The van der Waals surface area contributed by atoms with Crippen LogP contribution in [0.2, 0.25) is 5.02 Å². The van der Waals surface area contributed by atoms with Crippen molar-refractivity contribution in [3.8, 4) is 17.3 Å². The van der Waals surface area contributed by atoms with Crippen molar-refractivity contribution >= 4 is 17.5 Å². The molecule has 3 aromatic rings. The van der Waals surface area contributed by atoms with Crippen LogP contribution in [0.15, 0.2) is 35.0 Å². The van der Waals surface area contributed by atoms with Crippen molar-refractivity contribution in [3.63, 3.8) is 0 Å². The lowest BCUT2D eigenvalue weighted by atomic mass is 10.1. The van der Waals surface area contributed by atoms with E-state index in [0.717, 1.165) is 0 Å². The zero-order chi connectivity index (χ0) is 22.7. The number of hydrogen-bond acceptors (Lipinski definition) is 6. The third kappa shape index (κ3) is 5.10. The number of nitriles is 1. The van der Waals surface area contributed by atoms with Crippen LogP contribution >= 0.6 is 11.6 Å². The minimum absolute atomic E-state index is 0.0160. The summed E-state index contributed by atoms with van der Waals surface area (Å²) in [6, 6.07) is 7.20. The van der Waals surface area contributed by atoms with Gasteiger partial charge in [-0.2, -0.15) is 10.4 Å². The quantitative estimate of drug-likeness (QED) is 0.572. The van der Waals surface area contributed by atoms with Gasteiger partial charge in [0.05, 0.1) is 17.3 Å². The number of nitrogens with zero attached hydrogens (tertiary/aromatic N) is 4. The SMILES string of the molecule is CC(C)[C@H](O)c1cc(C(=O)N[C@@H](C)Cn2ccc(-c3cc(F)c(C#N)c(Cl)c3)n2)no1. The number of carbonyl (C=O) groups is 1. The topological polar surface area (TPSA) is 117 Å². The molecule has 2 heterocycles. The second-order valence-electron chi connectivity index (χ2n) is 7.53. The van der Waals surface area contributed by atoms with E-state index in [0.29, 0.717) is 17.8 Å². The average Bonchev–Trinajstić information content (AvgIpc) is 3.36. The molecule has 0 bridgehead atoms. The van der Waals surface area contributed by atoms with Crippen LogP contribution < -0.4 is 5.32 Å². The first-order valence-electron chi connectivity index (χ1n) is 9.58. The van der Waals surface area contributed by atoms with Gasteiger partial charge in [-0.25, -0.2) is 4.39 Å². The molecule has 0 saturated heterocycles.